The zero-order chi connectivity index (χ0) is 13.8. The topological polar surface area (TPSA) is 19.4 Å². The maximum absolute atomic E-state index is 6.15. The molecule has 3 nitrogen and oxygen atoms in total. The summed E-state index contributed by atoms with van der Waals surface area (Å²) in [6.07, 6.45) is 2.59. The molecule has 0 aromatic carbocycles. The third kappa shape index (κ3) is 4.06. The van der Waals surface area contributed by atoms with Gasteiger partial charge in [-0.15, -0.1) is 0 Å². The Balaban J connectivity index is 1.93. The summed E-state index contributed by atoms with van der Waals surface area (Å²) >= 11 is 12.1. The Morgan fingerprint density at radius 2 is 2.21 bits per heavy atom. The highest BCUT2D eigenvalue weighted by Gasteiger charge is 2.24. The Kier molecular flexibility index (Phi) is 5.46. The molecule has 106 valence electrons. The van der Waals surface area contributed by atoms with Gasteiger partial charge >= 0.3 is 0 Å². The van der Waals surface area contributed by atoms with E-state index in [0.717, 1.165) is 25.3 Å². The summed E-state index contributed by atoms with van der Waals surface area (Å²) < 4.78 is 0. The van der Waals surface area contributed by atoms with Gasteiger partial charge in [-0.3, -0.25) is 9.80 Å². The molecule has 19 heavy (non-hydrogen) atoms. The van der Waals surface area contributed by atoms with Crippen molar-refractivity contribution in [3.63, 3.8) is 0 Å². The van der Waals surface area contributed by atoms with E-state index in [0.29, 0.717) is 16.2 Å². The van der Waals surface area contributed by atoms with Crippen LogP contribution in [0, 0.1) is 0 Å². The molecule has 0 N–H and O–H groups in total. The molecule has 2 heterocycles. The molecule has 1 unspecified atom stereocenters. The summed E-state index contributed by atoms with van der Waals surface area (Å²) in [6, 6.07) is 4.20. The lowest BCUT2D eigenvalue weighted by Gasteiger charge is -2.27. The molecule has 1 aromatic rings. The first-order valence-corrected chi connectivity index (χ1v) is 7.59. The van der Waals surface area contributed by atoms with Crippen LogP contribution >= 0.6 is 23.2 Å². The summed E-state index contributed by atoms with van der Waals surface area (Å²) in [5.74, 6) is 0. The predicted molar refractivity (Wildman–Crippen MR) is 80.9 cm³/mol. The number of likely N-dealkylation sites (N-methyl/N-ethyl adjacent to an activating group) is 2. The van der Waals surface area contributed by atoms with Crippen LogP contribution in [0.4, 0.5) is 0 Å². The first-order chi connectivity index (χ1) is 9.10. The van der Waals surface area contributed by atoms with E-state index in [1.165, 1.54) is 19.4 Å². The molecule has 1 aliphatic heterocycles. The molecule has 1 atom stereocenters. The highest BCUT2D eigenvalue weighted by Crippen LogP contribution is 2.20. The molecule has 0 spiro atoms. The number of hydrogen-bond acceptors (Lipinski definition) is 3. The maximum Gasteiger partial charge on any atom is 0.129 e. The first kappa shape index (κ1) is 15.0. The van der Waals surface area contributed by atoms with Crippen molar-refractivity contribution in [3.05, 3.63) is 28.0 Å². The van der Waals surface area contributed by atoms with Gasteiger partial charge in [0.1, 0.15) is 5.15 Å². The number of hydrogen-bond donors (Lipinski definition) is 0. The van der Waals surface area contributed by atoms with E-state index in [4.69, 9.17) is 23.2 Å². The van der Waals surface area contributed by atoms with Gasteiger partial charge in [0.15, 0.2) is 0 Å². The van der Waals surface area contributed by atoms with Crippen LogP contribution in [0.1, 0.15) is 25.5 Å². The molecule has 1 aromatic heterocycles. The van der Waals surface area contributed by atoms with Crippen LogP contribution in [0.2, 0.25) is 10.2 Å². The van der Waals surface area contributed by atoms with Gasteiger partial charge in [0.2, 0.25) is 0 Å². The molecule has 1 saturated heterocycles. The Morgan fingerprint density at radius 3 is 2.95 bits per heavy atom. The van der Waals surface area contributed by atoms with E-state index < -0.39 is 0 Å². The van der Waals surface area contributed by atoms with Crippen LogP contribution in [-0.4, -0.2) is 47.5 Å². The lowest BCUT2D eigenvalue weighted by atomic mass is 10.2. The zero-order valence-electron chi connectivity index (χ0n) is 11.6. The van der Waals surface area contributed by atoms with Gasteiger partial charge < -0.3 is 0 Å². The van der Waals surface area contributed by atoms with Gasteiger partial charge in [0.25, 0.3) is 0 Å². The van der Waals surface area contributed by atoms with Gasteiger partial charge in [0, 0.05) is 19.1 Å². The summed E-state index contributed by atoms with van der Waals surface area (Å²) in [6.45, 7) is 6.39. The molecule has 0 aliphatic carbocycles. The van der Waals surface area contributed by atoms with Crippen molar-refractivity contribution in [2.75, 3.05) is 26.7 Å². The first-order valence-electron chi connectivity index (χ1n) is 6.83. The Hall–Kier alpha value is -0.350. The third-order valence-electron chi connectivity index (χ3n) is 3.73. The second-order valence-electron chi connectivity index (χ2n) is 5.18. The number of aromatic nitrogens is 1. The quantitative estimate of drug-likeness (QED) is 0.778. The second-order valence-corrected chi connectivity index (χ2v) is 5.98. The van der Waals surface area contributed by atoms with Crippen LogP contribution in [-0.2, 0) is 6.54 Å². The maximum atomic E-state index is 6.15. The smallest absolute Gasteiger partial charge is 0.129 e. The average Bonchev–Trinajstić information content (AvgIpc) is 2.81. The molecule has 0 radical (unpaired) electrons. The number of nitrogens with zero attached hydrogens (tertiary/aromatic N) is 3. The van der Waals surface area contributed by atoms with Crippen molar-refractivity contribution in [1.29, 1.82) is 0 Å². The van der Waals surface area contributed by atoms with Gasteiger partial charge in [-0.1, -0.05) is 30.1 Å². The Bertz CT molecular complexity index is 425. The number of pyridine rings is 1. The number of likely N-dealkylation sites (tertiary alicyclic amines) is 1. The third-order valence-corrected chi connectivity index (χ3v) is 4.29. The Labute approximate surface area is 125 Å². The average molecular weight is 302 g/mol. The summed E-state index contributed by atoms with van der Waals surface area (Å²) in [7, 11) is 2.12. The molecule has 5 heteroatoms. The largest absolute Gasteiger partial charge is 0.299 e. The van der Waals surface area contributed by atoms with Crippen molar-refractivity contribution < 1.29 is 0 Å². The van der Waals surface area contributed by atoms with Crippen LogP contribution in [0.3, 0.4) is 0 Å². The lowest BCUT2D eigenvalue weighted by molar-refractivity contribution is 0.194. The molecule has 0 amide bonds. The molecule has 1 fully saturated rings. The highest BCUT2D eigenvalue weighted by atomic mass is 35.5. The monoisotopic (exact) mass is 301 g/mol. The van der Waals surface area contributed by atoms with Crippen molar-refractivity contribution in [3.8, 4) is 0 Å². The SMILES string of the molecule is CCN1CCCC1CN(C)Cc1nc(Cl)ccc1Cl. The van der Waals surface area contributed by atoms with Crippen molar-refractivity contribution in [2.45, 2.75) is 32.4 Å². The lowest BCUT2D eigenvalue weighted by Crippen LogP contribution is -2.38. The van der Waals surface area contributed by atoms with Crippen molar-refractivity contribution in [2.24, 2.45) is 0 Å². The van der Waals surface area contributed by atoms with E-state index >= 15 is 0 Å². The van der Waals surface area contributed by atoms with Crippen LogP contribution in [0.15, 0.2) is 12.1 Å². The van der Waals surface area contributed by atoms with E-state index in [1.54, 1.807) is 6.07 Å². The van der Waals surface area contributed by atoms with Crippen LogP contribution in [0.25, 0.3) is 0 Å². The predicted octanol–water partition coefficient (Wildman–Crippen LogP) is 3.30. The molecular formula is C14H21Cl2N3. The number of halogens is 2. The minimum absolute atomic E-state index is 0.504. The van der Waals surface area contributed by atoms with Gasteiger partial charge in [-0.25, -0.2) is 4.98 Å². The minimum Gasteiger partial charge on any atom is -0.299 e. The normalized spacial score (nSPS) is 20.4. The van der Waals surface area contributed by atoms with Gasteiger partial charge in [-0.05, 0) is 45.1 Å². The Morgan fingerprint density at radius 1 is 1.42 bits per heavy atom. The number of rotatable bonds is 5. The van der Waals surface area contributed by atoms with Crippen LogP contribution < -0.4 is 0 Å². The van der Waals surface area contributed by atoms with Crippen molar-refractivity contribution in [1.82, 2.24) is 14.8 Å². The van der Waals surface area contributed by atoms with E-state index in [9.17, 15) is 0 Å². The zero-order valence-corrected chi connectivity index (χ0v) is 13.1. The fourth-order valence-corrected chi connectivity index (χ4v) is 3.10. The minimum atomic E-state index is 0.504. The van der Waals surface area contributed by atoms with Gasteiger partial charge in [-0.2, -0.15) is 0 Å². The van der Waals surface area contributed by atoms with E-state index in [1.807, 2.05) is 6.07 Å². The second kappa shape index (κ2) is 6.89. The molecule has 0 bridgehead atoms. The fraction of sp³-hybridized carbons (Fsp3) is 0.643. The summed E-state index contributed by atoms with van der Waals surface area (Å²) in [5, 5.41) is 1.19. The fourth-order valence-electron chi connectivity index (χ4n) is 2.77. The molecule has 2 rings (SSSR count). The highest BCUT2D eigenvalue weighted by molar-refractivity contribution is 6.32. The van der Waals surface area contributed by atoms with Gasteiger partial charge in [0.05, 0.1) is 10.7 Å². The molecule has 0 saturated carbocycles. The summed E-state index contributed by atoms with van der Waals surface area (Å²) in [4.78, 5) is 9.13. The molecular weight excluding hydrogens is 281 g/mol. The summed E-state index contributed by atoms with van der Waals surface area (Å²) in [5.41, 5.74) is 0.859. The van der Waals surface area contributed by atoms with E-state index in [-0.39, 0.29) is 0 Å². The van der Waals surface area contributed by atoms with E-state index in [2.05, 4.69) is 28.8 Å². The standard InChI is InChI=1S/C14H21Cl2N3/c1-3-19-8-4-5-11(19)9-18(2)10-13-12(15)6-7-14(16)17-13/h6-7,11H,3-5,8-10H2,1-2H3. The van der Waals surface area contributed by atoms with Crippen molar-refractivity contribution >= 4 is 23.2 Å². The van der Waals surface area contributed by atoms with Crippen LogP contribution in [0.5, 0.6) is 0 Å². The molecule has 1 aliphatic rings.